The van der Waals surface area contributed by atoms with E-state index in [1.54, 1.807) is 42.3 Å². The number of hydrogen-bond acceptors (Lipinski definition) is 5. The van der Waals surface area contributed by atoms with Gasteiger partial charge in [0.1, 0.15) is 11.4 Å². The Bertz CT molecular complexity index is 1130. The number of rotatable bonds is 6. The number of aromatic amines is 1. The molecule has 1 aliphatic rings. The summed E-state index contributed by atoms with van der Waals surface area (Å²) in [4.78, 5) is 25.3. The number of fused-ring (bicyclic) bond motifs is 1. The SMILES string of the molecule is COCCN1C(=O)c2[nH]nc(-c3ccc(Cl)cc3Cl)c2[C@H]1c1ccc([N+](=O)[O-])cc1. The third-order valence-corrected chi connectivity index (χ3v) is 5.55. The van der Waals surface area contributed by atoms with Crippen LogP contribution in [0.15, 0.2) is 42.5 Å². The van der Waals surface area contributed by atoms with Crippen LogP contribution in [-0.2, 0) is 4.74 Å². The predicted octanol–water partition coefficient (Wildman–Crippen LogP) is 4.48. The quantitative estimate of drug-likeness (QED) is 0.444. The monoisotopic (exact) mass is 446 g/mol. The fourth-order valence-corrected chi connectivity index (χ4v) is 4.13. The number of halogens is 2. The Labute approximate surface area is 181 Å². The minimum Gasteiger partial charge on any atom is -0.383 e. The summed E-state index contributed by atoms with van der Waals surface area (Å²) in [5, 5.41) is 19.1. The van der Waals surface area contributed by atoms with Gasteiger partial charge in [0.15, 0.2) is 0 Å². The van der Waals surface area contributed by atoms with Crippen molar-refractivity contribution in [3.05, 3.63) is 79.4 Å². The molecule has 1 aromatic heterocycles. The number of hydrogen-bond donors (Lipinski definition) is 1. The molecule has 0 aliphatic carbocycles. The van der Waals surface area contributed by atoms with Gasteiger partial charge in [0.05, 0.1) is 22.6 Å². The second kappa shape index (κ2) is 8.06. The maximum atomic E-state index is 13.1. The lowest BCUT2D eigenvalue weighted by Crippen LogP contribution is -2.32. The number of non-ortho nitro benzene ring substituents is 1. The van der Waals surface area contributed by atoms with Crippen LogP contribution in [0.2, 0.25) is 10.0 Å². The van der Waals surface area contributed by atoms with Gasteiger partial charge < -0.3 is 9.64 Å². The van der Waals surface area contributed by atoms with Gasteiger partial charge in [-0.25, -0.2) is 0 Å². The van der Waals surface area contributed by atoms with Crippen LogP contribution in [0.5, 0.6) is 0 Å². The maximum Gasteiger partial charge on any atom is 0.273 e. The van der Waals surface area contributed by atoms with Crippen LogP contribution in [-0.4, -0.2) is 46.2 Å². The van der Waals surface area contributed by atoms with Gasteiger partial charge in [-0.05, 0) is 35.9 Å². The first-order valence-corrected chi connectivity index (χ1v) is 9.76. The summed E-state index contributed by atoms with van der Waals surface area (Å²) < 4.78 is 5.16. The molecule has 0 saturated heterocycles. The standard InChI is InChI=1S/C20H16Cl2N4O4/c1-30-9-8-25-19(11-2-5-13(6-3-11)26(28)29)16-17(23-24-18(16)20(25)27)14-7-4-12(21)10-15(14)22/h2-7,10,19H,8-9H2,1H3,(H,23,24)/t19-/m1/s1. The fraction of sp³-hybridized carbons (Fsp3) is 0.200. The Hall–Kier alpha value is -2.94. The van der Waals surface area contributed by atoms with E-state index >= 15 is 0 Å². The van der Waals surface area contributed by atoms with E-state index in [1.165, 1.54) is 12.1 Å². The summed E-state index contributed by atoms with van der Waals surface area (Å²) in [6, 6.07) is 10.7. The second-order valence-electron chi connectivity index (χ2n) is 6.73. The zero-order chi connectivity index (χ0) is 21.4. The largest absolute Gasteiger partial charge is 0.383 e. The van der Waals surface area contributed by atoms with E-state index in [0.29, 0.717) is 45.7 Å². The first kappa shape index (κ1) is 20.3. The Morgan fingerprint density at radius 2 is 1.97 bits per heavy atom. The summed E-state index contributed by atoms with van der Waals surface area (Å²) in [5.74, 6) is -0.228. The van der Waals surface area contributed by atoms with E-state index < -0.39 is 11.0 Å². The Morgan fingerprint density at radius 3 is 2.60 bits per heavy atom. The van der Waals surface area contributed by atoms with Crippen LogP contribution in [0.3, 0.4) is 0 Å². The third-order valence-electron chi connectivity index (χ3n) is 5.01. The number of nitrogens with zero attached hydrogens (tertiary/aromatic N) is 3. The number of methoxy groups -OCH3 is 1. The number of aromatic nitrogens is 2. The minimum atomic E-state index is -0.496. The molecule has 0 fully saturated rings. The lowest BCUT2D eigenvalue weighted by molar-refractivity contribution is -0.384. The number of nitro benzene ring substituents is 1. The van der Waals surface area contributed by atoms with Crippen molar-refractivity contribution in [1.82, 2.24) is 15.1 Å². The van der Waals surface area contributed by atoms with Gasteiger partial charge in [-0.1, -0.05) is 23.2 Å². The van der Waals surface area contributed by atoms with E-state index in [4.69, 9.17) is 27.9 Å². The van der Waals surface area contributed by atoms with Gasteiger partial charge >= 0.3 is 0 Å². The number of nitrogens with one attached hydrogen (secondary N) is 1. The molecule has 30 heavy (non-hydrogen) atoms. The summed E-state index contributed by atoms with van der Waals surface area (Å²) >= 11 is 12.4. The molecule has 0 saturated carbocycles. The van der Waals surface area contributed by atoms with E-state index in [9.17, 15) is 14.9 Å². The first-order valence-electron chi connectivity index (χ1n) is 9.00. The highest BCUT2D eigenvalue weighted by Gasteiger charge is 2.42. The number of benzene rings is 2. The summed E-state index contributed by atoms with van der Waals surface area (Å²) in [5.41, 5.74) is 2.87. The average molecular weight is 447 g/mol. The van der Waals surface area contributed by atoms with Gasteiger partial charge in [-0.2, -0.15) is 5.10 Å². The van der Waals surface area contributed by atoms with Gasteiger partial charge in [-0.15, -0.1) is 0 Å². The van der Waals surface area contributed by atoms with Crippen LogP contribution in [0, 0.1) is 10.1 Å². The molecular weight excluding hydrogens is 431 g/mol. The van der Waals surface area contributed by atoms with Crippen molar-refractivity contribution in [2.45, 2.75) is 6.04 Å². The molecule has 154 valence electrons. The van der Waals surface area contributed by atoms with E-state index in [0.717, 1.165) is 5.56 Å². The van der Waals surface area contributed by atoms with Crippen LogP contribution in [0.25, 0.3) is 11.3 Å². The smallest absolute Gasteiger partial charge is 0.273 e. The molecule has 8 nitrogen and oxygen atoms in total. The second-order valence-corrected chi connectivity index (χ2v) is 7.57. The van der Waals surface area contributed by atoms with Crippen LogP contribution >= 0.6 is 23.2 Å². The highest BCUT2D eigenvalue weighted by atomic mass is 35.5. The van der Waals surface area contributed by atoms with Crippen molar-refractivity contribution < 1.29 is 14.5 Å². The van der Waals surface area contributed by atoms with Gasteiger partial charge in [-0.3, -0.25) is 20.0 Å². The van der Waals surface area contributed by atoms with Crippen molar-refractivity contribution in [1.29, 1.82) is 0 Å². The Balaban J connectivity index is 1.86. The van der Waals surface area contributed by atoms with Crippen molar-refractivity contribution in [3.8, 4) is 11.3 Å². The lowest BCUT2D eigenvalue weighted by atomic mass is 9.96. The van der Waals surface area contributed by atoms with Crippen molar-refractivity contribution in [2.75, 3.05) is 20.3 Å². The molecule has 2 aromatic carbocycles. The fourth-order valence-electron chi connectivity index (χ4n) is 3.63. The summed E-state index contributed by atoms with van der Waals surface area (Å²) in [7, 11) is 1.56. The molecule has 10 heteroatoms. The molecule has 0 unspecified atom stereocenters. The number of amides is 1. The van der Waals surface area contributed by atoms with Crippen molar-refractivity contribution in [3.63, 3.8) is 0 Å². The summed E-state index contributed by atoms with van der Waals surface area (Å²) in [6.07, 6.45) is 0. The van der Waals surface area contributed by atoms with Crippen LogP contribution in [0.1, 0.15) is 27.7 Å². The molecule has 1 N–H and O–H groups in total. The molecule has 0 bridgehead atoms. The van der Waals surface area contributed by atoms with E-state index in [2.05, 4.69) is 10.2 Å². The molecule has 1 amide bonds. The van der Waals surface area contributed by atoms with Crippen LogP contribution < -0.4 is 0 Å². The molecule has 0 radical (unpaired) electrons. The van der Waals surface area contributed by atoms with Gasteiger partial charge in [0, 0.05) is 41.9 Å². The van der Waals surface area contributed by atoms with Gasteiger partial charge in [0.25, 0.3) is 11.6 Å². The average Bonchev–Trinajstić information content (AvgIpc) is 3.25. The molecule has 2 heterocycles. The van der Waals surface area contributed by atoms with Gasteiger partial charge in [0.2, 0.25) is 0 Å². The summed E-state index contributed by atoms with van der Waals surface area (Å²) in [6.45, 7) is 0.678. The Kier molecular flexibility index (Phi) is 5.46. The number of carbonyl (C=O) groups excluding carboxylic acids is 1. The normalized spacial score (nSPS) is 15.5. The first-order chi connectivity index (χ1) is 14.4. The molecule has 1 atom stereocenters. The van der Waals surface area contributed by atoms with E-state index in [-0.39, 0.29) is 11.6 Å². The van der Waals surface area contributed by atoms with Crippen molar-refractivity contribution in [2.24, 2.45) is 0 Å². The van der Waals surface area contributed by atoms with Crippen LogP contribution in [0.4, 0.5) is 5.69 Å². The zero-order valence-electron chi connectivity index (χ0n) is 15.8. The number of nitro groups is 1. The molecule has 4 rings (SSSR count). The zero-order valence-corrected chi connectivity index (χ0v) is 17.3. The number of H-pyrrole nitrogens is 1. The highest BCUT2D eigenvalue weighted by Crippen LogP contribution is 2.44. The van der Waals surface area contributed by atoms with Crippen molar-refractivity contribution >= 4 is 34.8 Å². The molecule has 0 spiro atoms. The molecule has 1 aliphatic heterocycles. The lowest BCUT2D eigenvalue weighted by Gasteiger charge is -2.26. The molecular formula is C20H16Cl2N4O4. The maximum absolute atomic E-state index is 13.1. The minimum absolute atomic E-state index is 0.0279. The molecule has 3 aromatic rings. The highest BCUT2D eigenvalue weighted by molar-refractivity contribution is 6.36. The number of ether oxygens (including phenoxy) is 1. The predicted molar refractivity (Wildman–Crippen MR) is 112 cm³/mol. The Morgan fingerprint density at radius 1 is 1.23 bits per heavy atom. The topological polar surface area (TPSA) is 101 Å². The third kappa shape index (κ3) is 3.43. The number of carbonyl (C=O) groups is 1. The van der Waals surface area contributed by atoms with E-state index in [1.807, 2.05) is 0 Å².